The Kier molecular flexibility index (Phi) is 5.66. The second-order valence-electron chi connectivity index (χ2n) is 7.09. The fraction of sp³-hybridized carbons (Fsp3) is 0.381. The fourth-order valence-electron chi connectivity index (χ4n) is 4.58. The van der Waals surface area contributed by atoms with Crippen molar-refractivity contribution in [2.75, 3.05) is 20.3 Å². The van der Waals surface area contributed by atoms with Gasteiger partial charge in [0.15, 0.2) is 0 Å². The normalized spacial score (nSPS) is 23.4. The Bertz CT molecular complexity index is 748. The van der Waals surface area contributed by atoms with E-state index >= 15 is 0 Å². The van der Waals surface area contributed by atoms with Crippen molar-refractivity contribution in [1.82, 2.24) is 5.32 Å². The summed E-state index contributed by atoms with van der Waals surface area (Å²) in [6, 6.07) is 16.9. The molecule has 0 saturated heterocycles. The van der Waals surface area contributed by atoms with E-state index in [0.717, 1.165) is 6.42 Å². The lowest BCUT2D eigenvalue weighted by molar-refractivity contribution is -0.123. The van der Waals surface area contributed by atoms with Crippen molar-refractivity contribution < 1.29 is 9.53 Å². The number of rotatable bonds is 5. The Balaban J connectivity index is 0.00000196. The van der Waals surface area contributed by atoms with Crippen molar-refractivity contribution in [3.05, 3.63) is 70.8 Å². The zero-order chi connectivity index (χ0) is 17.4. The minimum Gasteiger partial charge on any atom is -0.383 e. The summed E-state index contributed by atoms with van der Waals surface area (Å²) in [4.78, 5) is 12.2. The van der Waals surface area contributed by atoms with Gasteiger partial charge in [-0.15, -0.1) is 12.4 Å². The van der Waals surface area contributed by atoms with Crippen LogP contribution in [-0.4, -0.2) is 32.2 Å². The van der Waals surface area contributed by atoms with Crippen LogP contribution < -0.4 is 11.1 Å². The second-order valence-corrected chi connectivity index (χ2v) is 7.09. The molecule has 0 radical (unpaired) electrons. The van der Waals surface area contributed by atoms with E-state index in [1.54, 1.807) is 7.11 Å². The summed E-state index contributed by atoms with van der Waals surface area (Å²) >= 11 is 0. The third kappa shape index (κ3) is 3.13. The number of nitrogens with two attached hydrogens (primary N) is 1. The van der Waals surface area contributed by atoms with Gasteiger partial charge in [-0.2, -0.15) is 0 Å². The van der Waals surface area contributed by atoms with E-state index < -0.39 is 6.04 Å². The first kappa shape index (κ1) is 18.9. The third-order valence-electron chi connectivity index (χ3n) is 5.64. The zero-order valence-electron chi connectivity index (χ0n) is 14.9. The van der Waals surface area contributed by atoms with Crippen molar-refractivity contribution in [2.24, 2.45) is 11.7 Å². The molecule has 2 bridgehead atoms. The molecular formula is C21H25ClN2O2. The SMILES string of the molecule is COCC(N)C(=O)NCC1CC2c3ccccc3C1c1ccccc12.Cl. The van der Waals surface area contributed by atoms with Crippen LogP contribution in [0.4, 0.5) is 0 Å². The second kappa shape index (κ2) is 7.78. The van der Waals surface area contributed by atoms with E-state index in [-0.39, 0.29) is 24.9 Å². The molecule has 0 spiro atoms. The predicted octanol–water partition coefficient (Wildman–Crippen LogP) is 2.80. The van der Waals surface area contributed by atoms with Gasteiger partial charge in [0.2, 0.25) is 5.91 Å². The first-order valence-electron chi connectivity index (χ1n) is 8.90. The monoisotopic (exact) mass is 372 g/mol. The highest BCUT2D eigenvalue weighted by atomic mass is 35.5. The van der Waals surface area contributed by atoms with Crippen LogP contribution in [0.5, 0.6) is 0 Å². The molecule has 3 aliphatic rings. The van der Waals surface area contributed by atoms with Gasteiger partial charge in [0.25, 0.3) is 0 Å². The Morgan fingerprint density at radius 3 is 2.19 bits per heavy atom. The molecule has 0 saturated carbocycles. The minimum absolute atomic E-state index is 0. The molecule has 26 heavy (non-hydrogen) atoms. The Morgan fingerprint density at radius 1 is 1.12 bits per heavy atom. The van der Waals surface area contributed by atoms with Crippen LogP contribution in [0, 0.1) is 5.92 Å². The summed E-state index contributed by atoms with van der Waals surface area (Å²) in [7, 11) is 1.56. The number of carbonyl (C=O) groups is 1. The molecule has 0 aromatic heterocycles. The largest absolute Gasteiger partial charge is 0.383 e. The Morgan fingerprint density at radius 2 is 1.65 bits per heavy atom. The number of nitrogens with one attached hydrogen (secondary N) is 1. The van der Waals surface area contributed by atoms with Crippen molar-refractivity contribution in [1.29, 1.82) is 0 Å². The Labute approximate surface area is 160 Å². The standard InChI is InChI=1S/C21H24N2O2.ClH/c1-25-12-19(22)21(24)23-11-13-10-18-14-6-2-4-8-16(14)20(13)17-9-5-3-7-15(17)18;/h2-9,13,18-20H,10-12,22H2,1H3,(H,23,24);1H. The number of amides is 1. The molecule has 2 aromatic carbocycles. The lowest BCUT2D eigenvalue weighted by Gasteiger charge is -2.45. The summed E-state index contributed by atoms with van der Waals surface area (Å²) < 4.78 is 4.97. The highest BCUT2D eigenvalue weighted by molar-refractivity contribution is 5.85. The fourth-order valence-corrected chi connectivity index (χ4v) is 4.58. The van der Waals surface area contributed by atoms with Gasteiger partial charge in [0.05, 0.1) is 6.61 Å². The van der Waals surface area contributed by atoms with E-state index in [1.165, 1.54) is 22.3 Å². The molecule has 3 N–H and O–H groups in total. The highest BCUT2D eigenvalue weighted by Crippen LogP contribution is 2.55. The van der Waals surface area contributed by atoms with E-state index in [2.05, 4.69) is 53.8 Å². The van der Waals surface area contributed by atoms with Crippen LogP contribution in [-0.2, 0) is 9.53 Å². The molecule has 5 rings (SSSR count). The number of ether oxygens (including phenoxy) is 1. The van der Waals surface area contributed by atoms with Crippen LogP contribution in [0.15, 0.2) is 48.5 Å². The van der Waals surface area contributed by atoms with E-state index in [9.17, 15) is 4.79 Å². The van der Waals surface area contributed by atoms with Gasteiger partial charge in [0, 0.05) is 25.5 Å². The maximum atomic E-state index is 12.2. The number of benzene rings is 2. The highest BCUT2D eigenvalue weighted by Gasteiger charge is 2.42. The predicted molar refractivity (Wildman–Crippen MR) is 105 cm³/mol. The first-order chi connectivity index (χ1) is 12.2. The zero-order valence-corrected chi connectivity index (χ0v) is 15.7. The summed E-state index contributed by atoms with van der Waals surface area (Å²) in [5.74, 6) is 1.03. The first-order valence-corrected chi connectivity index (χ1v) is 8.90. The number of halogens is 1. The molecule has 4 nitrogen and oxygen atoms in total. The van der Waals surface area contributed by atoms with Gasteiger partial charge in [0.1, 0.15) is 6.04 Å². The van der Waals surface area contributed by atoms with Crippen LogP contribution in [0.2, 0.25) is 0 Å². The maximum absolute atomic E-state index is 12.2. The van der Waals surface area contributed by atoms with Crippen LogP contribution in [0.25, 0.3) is 0 Å². The minimum atomic E-state index is -0.606. The molecule has 138 valence electrons. The lowest BCUT2D eigenvalue weighted by atomic mass is 9.59. The number of methoxy groups -OCH3 is 1. The number of hydrogen-bond acceptors (Lipinski definition) is 3. The molecule has 2 aromatic rings. The molecule has 1 amide bonds. The van der Waals surface area contributed by atoms with Crippen molar-refractivity contribution >= 4 is 18.3 Å². The maximum Gasteiger partial charge on any atom is 0.239 e. The number of hydrogen-bond donors (Lipinski definition) is 2. The van der Waals surface area contributed by atoms with Gasteiger partial charge in [-0.3, -0.25) is 4.79 Å². The molecule has 3 aliphatic carbocycles. The average Bonchev–Trinajstić information content (AvgIpc) is 2.66. The average molecular weight is 373 g/mol. The topological polar surface area (TPSA) is 64.3 Å². The van der Waals surface area contributed by atoms with Crippen molar-refractivity contribution in [3.63, 3.8) is 0 Å². The van der Waals surface area contributed by atoms with Gasteiger partial charge in [-0.1, -0.05) is 48.5 Å². The molecule has 0 fully saturated rings. The smallest absolute Gasteiger partial charge is 0.239 e. The lowest BCUT2D eigenvalue weighted by Crippen LogP contribution is -2.46. The molecule has 0 heterocycles. The quantitative estimate of drug-likeness (QED) is 0.848. The third-order valence-corrected chi connectivity index (χ3v) is 5.64. The van der Waals surface area contributed by atoms with Crippen LogP contribution in [0.3, 0.4) is 0 Å². The van der Waals surface area contributed by atoms with Gasteiger partial charge in [-0.25, -0.2) is 0 Å². The summed E-state index contributed by atoms with van der Waals surface area (Å²) in [5.41, 5.74) is 11.6. The van der Waals surface area contributed by atoms with E-state index in [0.29, 0.717) is 24.3 Å². The summed E-state index contributed by atoms with van der Waals surface area (Å²) in [6.45, 7) is 0.897. The van der Waals surface area contributed by atoms with Crippen molar-refractivity contribution in [2.45, 2.75) is 24.3 Å². The molecular weight excluding hydrogens is 348 g/mol. The number of fused-ring (bicyclic) bond motifs is 1. The summed E-state index contributed by atoms with van der Waals surface area (Å²) in [5, 5.41) is 3.04. The summed E-state index contributed by atoms with van der Waals surface area (Å²) in [6.07, 6.45) is 1.07. The van der Waals surface area contributed by atoms with E-state index in [1.807, 2.05) is 0 Å². The number of carbonyl (C=O) groups excluding carboxylic acids is 1. The molecule has 2 atom stereocenters. The molecule has 2 unspecified atom stereocenters. The van der Waals surface area contributed by atoms with Gasteiger partial charge < -0.3 is 15.8 Å². The molecule has 0 aliphatic heterocycles. The Hall–Kier alpha value is -1.88. The van der Waals surface area contributed by atoms with Gasteiger partial charge >= 0.3 is 0 Å². The van der Waals surface area contributed by atoms with E-state index in [4.69, 9.17) is 10.5 Å². The van der Waals surface area contributed by atoms with Crippen molar-refractivity contribution in [3.8, 4) is 0 Å². The van der Waals surface area contributed by atoms with Crippen LogP contribution in [0.1, 0.15) is 40.5 Å². The van der Waals surface area contributed by atoms with Gasteiger partial charge in [-0.05, 0) is 34.6 Å². The molecule has 5 heteroatoms. The van der Waals surface area contributed by atoms with Crippen LogP contribution >= 0.6 is 12.4 Å².